The molecule has 0 spiro atoms. The highest BCUT2D eigenvalue weighted by atomic mass is 35.5. The summed E-state index contributed by atoms with van der Waals surface area (Å²) < 4.78 is 36.5. The van der Waals surface area contributed by atoms with Gasteiger partial charge in [-0.25, -0.2) is 8.42 Å². The van der Waals surface area contributed by atoms with Gasteiger partial charge in [-0.1, -0.05) is 0 Å². The number of rotatable bonds is 4. The van der Waals surface area contributed by atoms with Crippen molar-refractivity contribution in [2.75, 3.05) is 27.3 Å². The second-order valence-electron chi connectivity index (χ2n) is 4.46. The van der Waals surface area contributed by atoms with Gasteiger partial charge in [-0.15, -0.1) is 12.4 Å². The van der Waals surface area contributed by atoms with E-state index in [4.69, 9.17) is 15.2 Å². The maximum atomic E-state index is 12.5. The van der Waals surface area contributed by atoms with Crippen LogP contribution in [0.15, 0.2) is 23.1 Å². The third-order valence-corrected chi connectivity index (χ3v) is 4.99. The molecule has 8 heteroatoms. The number of nitrogens with zero attached hydrogens (tertiary/aromatic N) is 1. The molecule has 1 aliphatic heterocycles. The van der Waals surface area contributed by atoms with Gasteiger partial charge in [0.15, 0.2) is 0 Å². The quantitative estimate of drug-likeness (QED) is 0.888. The molecule has 6 nitrogen and oxygen atoms in total. The van der Waals surface area contributed by atoms with E-state index in [9.17, 15) is 8.42 Å². The normalized spacial score (nSPS) is 19.4. The molecule has 2 rings (SSSR count). The molecule has 0 aromatic heterocycles. The average Bonchev–Trinajstić information content (AvgIpc) is 2.85. The zero-order valence-electron chi connectivity index (χ0n) is 11.4. The molecule has 2 N–H and O–H groups in total. The van der Waals surface area contributed by atoms with Crippen LogP contribution in [0.2, 0.25) is 0 Å². The summed E-state index contributed by atoms with van der Waals surface area (Å²) in [6.07, 6.45) is 0.681. The standard InChI is InChI=1S/C12H18N2O4S.ClH/c1-17-10-5-11(18-2)7-12(6-10)19(15,16)14-4-3-9(13)8-14;/h5-7,9H,3-4,8,13H2,1-2H3;1H/t9-;/m1./s1. The third kappa shape index (κ3) is 3.35. The Morgan fingerprint density at radius 3 is 2.15 bits per heavy atom. The summed E-state index contributed by atoms with van der Waals surface area (Å²) in [5.74, 6) is 0.892. The first-order valence-corrected chi connectivity index (χ1v) is 7.40. The smallest absolute Gasteiger partial charge is 0.243 e. The van der Waals surface area contributed by atoms with E-state index < -0.39 is 10.0 Å². The average molecular weight is 323 g/mol. The highest BCUT2D eigenvalue weighted by molar-refractivity contribution is 7.89. The number of hydrogen-bond donors (Lipinski definition) is 1. The Bertz CT molecular complexity index is 542. The van der Waals surface area contributed by atoms with Gasteiger partial charge >= 0.3 is 0 Å². The molecule has 1 heterocycles. The molecule has 0 unspecified atom stereocenters. The van der Waals surface area contributed by atoms with Crippen LogP contribution in [-0.2, 0) is 10.0 Å². The first-order chi connectivity index (χ1) is 8.97. The lowest BCUT2D eigenvalue weighted by Crippen LogP contribution is -2.32. The Kier molecular flexibility index (Phi) is 5.64. The van der Waals surface area contributed by atoms with E-state index in [-0.39, 0.29) is 23.3 Å². The number of halogens is 1. The van der Waals surface area contributed by atoms with Gasteiger partial charge < -0.3 is 15.2 Å². The van der Waals surface area contributed by atoms with Crippen molar-refractivity contribution in [2.24, 2.45) is 5.73 Å². The monoisotopic (exact) mass is 322 g/mol. The van der Waals surface area contributed by atoms with Crippen LogP contribution in [0.3, 0.4) is 0 Å². The van der Waals surface area contributed by atoms with E-state index in [2.05, 4.69) is 0 Å². The Hall–Kier alpha value is -1.02. The summed E-state index contributed by atoms with van der Waals surface area (Å²) >= 11 is 0. The van der Waals surface area contributed by atoms with Crippen LogP contribution in [0.25, 0.3) is 0 Å². The van der Waals surface area contributed by atoms with Crippen molar-refractivity contribution >= 4 is 22.4 Å². The number of ether oxygens (including phenoxy) is 2. The summed E-state index contributed by atoms with van der Waals surface area (Å²) in [5, 5.41) is 0. The Labute approximate surface area is 125 Å². The number of benzene rings is 1. The lowest BCUT2D eigenvalue weighted by atomic mass is 10.3. The predicted molar refractivity (Wildman–Crippen MR) is 78.1 cm³/mol. The van der Waals surface area contributed by atoms with Crippen molar-refractivity contribution < 1.29 is 17.9 Å². The molecule has 1 aliphatic rings. The molecule has 1 fully saturated rings. The fourth-order valence-corrected chi connectivity index (χ4v) is 3.61. The first-order valence-electron chi connectivity index (χ1n) is 5.96. The molecule has 0 bridgehead atoms. The number of sulfonamides is 1. The van der Waals surface area contributed by atoms with Crippen molar-refractivity contribution in [1.29, 1.82) is 0 Å². The predicted octanol–water partition coefficient (Wildman–Crippen LogP) is 0.847. The Balaban J connectivity index is 0.00000200. The molecule has 1 saturated heterocycles. The van der Waals surface area contributed by atoms with Crippen molar-refractivity contribution in [1.82, 2.24) is 4.31 Å². The van der Waals surface area contributed by atoms with Gasteiger partial charge in [-0.05, 0) is 6.42 Å². The zero-order valence-corrected chi connectivity index (χ0v) is 13.0. The minimum absolute atomic E-state index is 0. The molecule has 0 saturated carbocycles. The van der Waals surface area contributed by atoms with Crippen LogP contribution >= 0.6 is 12.4 Å². The maximum absolute atomic E-state index is 12.5. The van der Waals surface area contributed by atoms with Gasteiger partial charge in [0.2, 0.25) is 10.0 Å². The number of methoxy groups -OCH3 is 2. The van der Waals surface area contributed by atoms with Gasteiger partial charge in [-0.3, -0.25) is 0 Å². The van der Waals surface area contributed by atoms with Gasteiger partial charge in [0.25, 0.3) is 0 Å². The minimum atomic E-state index is -3.54. The molecule has 0 radical (unpaired) electrons. The number of nitrogens with two attached hydrogens (primary N) is 1. The second kappa shape index (κ2) is 6.62. The van der Waals surface area contributed by atoms with Crippen LogP contribution in [0, 0.1) is 0 Å². The molecule has 114 valence electrons. The molecular weight excluding hydrogens is 304 g/mol. The van der Waals surface area contributed by atoms with Crippen LogP contribution in [-0.4, -0.2) is 46.1 Å². The van der Waals surface area contributed by atoms with Crippen molar-refractivity contribution in [3.8, 4) is 11.5 Å². The Morgan fingerprint density at radius 1 is 1.20 bits per heavy atom. The van der Waals surface area contributed by atoms with Gasteiger partial charge in [0.05, 0.1) is 19.1 Å². The van der Waals surface area contributed by atoms with Crippen molar-refractivity contribution in [3.63, 3.8) is 0 Å². The molecule has 0 aliphatic carbocycles. The fourth-order valence-electron chi connectivity index (χ4n) is 2.05. The van der Waals surface area contributed by atoms with Crippen molar-refractivity contribution in [2.45, 2.75) is 17.4 Å². The van der Waals surface area contributed by atoms with E-state index in [0.717, 1.165) is 0 Å². The minimum Gasteiger partial charge on any atom is -0.497 e. The van der Waals surface area contributed by atoms with Crippen LogP contribution in [0.5, 0.6) is 11.5 Å². The number of hydrogen-bond acceptors (Lipinski definition) is 5. The van der Waals surface area contributed by atoms with Gasteiger partial charge in [-0.2, -0.15) is 4.31 Å². The maximum Gasteiger partial charge on any atom is 0.243 e. The zero-order chi connectivity index (χ0) is 14.0. The van der Waals surface area contributed by atoms with E-state index in [0.29, 0.717) is 31.0 Å². The lowest BCUT2D eigenvalue weighted by molar-refractivity contribution is 0.391. The van der Waals surface area contributed by atoms with Crippen LogP contribution in [0.1, 0.15) is 6.42 Å². The molecule has 1 aromatic carbocycles. The summed E-state index contributed by atoms with van der Waals surface area (Å²) in [5.41, 5.74) is 5.76. The fraction of sp³-hybridized carbons (Fsp3) is 0.500. The van der Waals surface area contributed by atoms with E-state index in [1.54, 1.807) is 6.07 Å². The lowest BCUT2D eigenvalue weighted by Gasteiger charge is -2.17. The first kappa shape index (κ1) is 17.0. The van der Waals surface area contributed by atoms with E-state index in [1.165, 1.54) is 30.7 Å². The Morgan fingerprint density at radius 2 is 1.75 bits per heavy atom. The summed E-state index contributed by atoms with van der Waals surface area (Å²) in [6, 6.07) is 4.51. The molecule has 1 atom stereocenters. The summed E-state index contributed by atoms with van der Waals surface area (Å²) in [7, 11) is -0.577. The van der Waals surface area contributed by atoms with E-state index in [1.807, 2.05) is 0 Å². The SMILES string of the molecule is COc1cc(OC)cc(S(=O)(=O)N2CC[C@@H](N)C2)c1.Cl. The third-order valence-electron chi connectivity index (χ3n) is 3.15. The van der Waals surface area contributed by atoms with Gasteiger partial charge in [0.1, 0.15) is 11.5 Å². The highest BCUT2D eigenvalue weighted by Crippen LogP contribution is 2.28. The largest absolute Gasteiger partial charge is 0.497 e. The molecule has 20 heavy (non-hydrogen) atoms. The topological polar surface area (TPSA) is 81.9 Å². The van der Waals surface area contributed by atoms with Gasteiger partial charge in [0, 0.05) is 37.3 Å². The van der Waals surface area contributed by atoms with E-state index >= 15 is 0 Å². The molecule has 0 amide bonds. The summed E-state index contributed by atoms with van der Waals surface area (Å²) in [6.45, 7) is 0.797. The highest BCUT2D eigenvalue weighted by Gasteiger charge is 2.31. The van der Waals surface area contributed by atoms with Crippen LogP contribution < -0.4 is 15.2 Å². The van der Waals surface area contributed by atoms with Crippen molar-refractivity contribution in [3.05, 3.63) is 18.2 Å². The molecule has 1 aromatic rings. The second-order valence-corrected chi connectivity index (χ2v) is 6.40. The van der Waals surface area contributed by atoms with Crippen LogP contribution in [0.4, 0.5) is 0 Å². The summed E-state index contributed by atoms with van der Waals surface area (Å²) in [4.78, 5) is 0.165. The molecular formula is C12H19ClN2O4S.